The van der Waals surface area contributed by atoms with E-state index in [2.05, 4.69) is 0 Å². The first-order valence-corrected chi connectivity index (χ1v) is 5.70. The van der Waals surface area contributed by atoms with Crippen LogP contribution in [0.5, 0.6) is 11.8 Å². The monoisotopic (exact) mass is 270 g/mol. The first-order chi connectivity index (χ1) is 8.88. The van der Waals surface area contributed by atoms with Crippen molar-refractivity contribution >= 4 is 12.1 Å². The lowest BCUT2D eigenvalue weighted by Crippen LogP contribution is -2.55. The normalized spacial score (nSPS) is 23.3. The van der Waals surface area contributed by atoms with Gasteiger partial charge in [0.25, 0.3) is 0 Å². The number of hydrogen-bond acceptors (Lipinski definition) is 4. The second kappa shape index (κ2) is 4.38. The molecular weight excluding hydrogens is 256 g/mol. The average Bonchev–Trinajstić information content (AvgIpc) is 2.69. The zero-order valence-electron chi connectivity index (χ0n) is 9.98. The summed E-state index contributed by atoms with van der Waals surface area (Å²) >= 11 is 0. The minimum atomic E-state index is -1.69. The van der Waals surface area contributed by atoms with Crippen molar-refractivity contribution in [1.29, 1.82) is 0 Å². The van der Waals surface area contributed by atoms with Crippen LogP contribution >= 0.6 is 0 Å². The lowest BCUT2D eigenvalue weighted by molar-refractivity contribution is -0.150. The lowest BCUT2D eigenvalue weighted by atomic mass is 9.88. The van der Waals surface area contributed by atoms with Gasteiger partial charge < -0.3 is 25.3 Å². The molecule has 2 heterocycles. The fraction of sp³-hybridized carbons (Fsp3) is 0.455. The number of carbonyl (C=O) groups is 2. The fourth-order valence-electron chi connectivity index (χ4n) is 2.51. The number of hydrogen-bond donors (Lipinski definition) is 4. The fourth-order valence-corrected chi connectivity index (χ4v) is 2.51. The van der Waals surface area contributed by atoms with E-state index in [0.717, 1.165) is 9.47 Å². The molecular formula is C11H14N2O6. The molecule has 0 aliphatic carbocycles. The quantitative estimate of drug-likeness (QED) is 0.618. The molecule has 4 N–H and O–H groups in total. The summed E-state index contributed by atoms with van der Waals surface area (Å²) in [6.07, 6.45) is -0.770. The van der Waals surface area contributed by atoms with E-state index >= 15 is 0 Å². The van der Waals surface area contributed by atoms with Crippen LogP contribution in [-0.2, 0) is 10.3 Å². The van der Waals surface area contributed by atoms with E-state index in [1.807, 2.05) is 0 Å². The van der Waals surface area contributed by atoms with Crippen molar-refractivity contribution in [3.05, 3.63) is 12.1 Å². The number of piperidine rings is 1. The topological polar surface area (TPSA) is 123 Å². The third kappa shape index (κ3) is 1.94. The Kier molecular flexibility index (Phi) is 3.01. The molecule has 2 rings (SSSR count). The molecule has 1 amide bonds. The Balaban J connectivity index is 2.50. The minimum absolute atomic E-state index is 0.127. The van der Waals surface area contributed by atoms with Crippen LogP contribution in [0.25, 0.3) is 0 Å². The number of nitrogens with zero attached hydrogens (tertiary/aromatic N) is 2. The van der Waals surface area contributed by atoms with Crippen LogP contribution in [0.4, 0.5) is 4.79 Å². The summed E-state index contributed by atoms with van der Waals surface area (Å²) in [4.78, 5) is 23.6. The summed E-state index contributed by atoms with van der Waals surface area (Å²) in [5.74, 6) is -2.11. The maximum atomic E-state index is 11.6. The van der Waals surface area contributed by atoms with E-state index in [0.29, 0.717) is 6.42 Å². The van der Waals surface area contributed by atoms with Crippen LogP contribution in [-0.4, -0.2) is 55.0 Å². The molecule has 104 valence electrons. The van der Waals surface area contributed by atoms with E-state index < -0.39 is 29.4 Å². The molecule has 1 aliphatic rings. The zero-order valence-corrected chi connectivity index (χ0v) is 9.98. The second-order valence-electron chi connectivity index (χ2n) is 4.53. The van der Waals surface area contributed by atoms with E-state index in [9.17, 15) is 24.9 Å². The summed E-state index contributed by atoms with van der Waals surface area (Å²) in [7, 11) is 0. The number of rotatable bonds is 2. The van der Waals surface area contributed by atoms with Gasteiger partial charge in [-0.25, -0.2) is 9.59 Å². The molecule has 1 fully saturated rings. The predicted molar refractivity (Wildman–Crippen MR) is 62.2 cm³/mol. The third-order valence-corrected chi connectivity index (χ3v) is 3.41. The van der Waals surface area contributed by atoms with Gasteiger partial charge >= 0.3 is 12.1 Å². The Bertz CT molecular complexity index is 506. The van der Waals surface area contributed by atoms with Gasteiger partial charge in [0, 0.05) is 18.7 Å². The lowest BCUT2D eigenvalue weighted by Gasteiger charge is -2.39. The van der Waals surface area contributed by atoms with Gasteiger partial charge in [-0.1, -0.05) is 0 Å². The molecule has 1 atom stereocenters. The average molecular weight is 270 g/mol. The van der Waals surface area contributed by atoms with Crippen molar-refractivity contribution in [2.75, 3.05) is 13.1 Å². The van der Waals surface area contributed by atoms with Crippen molar-refractivity contribution < 1.29 is 30.0 Å². The molecule has 1 aliphatic heterocycles. The number of carboxylic acid groups (broad SMARTS) is 2. The molecule has 1 saturated heterocycles. The molecule has 1 aromatic rings. The summed E-state index contributed by atoms with van der Waals surface area (Å²) in [5, 5.41) is 37.8. The summed E-state index contributed by atoms with van der Waals surface area (Å²) in [6, 6.07) is 2.33. The Hall–Kier alpha value is -2.38. The molecule has 0 bridgehead atoms. The second-order valence-corrected chi connectivity index (χ2v) is 4.53. The van der Waals surface area contributed by atoms with Crippen LogP contribution in [0.2, 0.25) is 0 Å². The van der Waals surface area contributed by atoms with E-state index in [4.69, 9.17) is 5.11 Å². The van der Waals surface area contributed by atoms with Crippen LogP contribution in [0.3, 0.4) is 0 Å². The Labute approximate surface area is 108 Å². The number of aromatic hydroxyl groups is 2. The standard InChI is InChI=1S/C11H14N2O6/c14-7-2-3-8(15)13(7)11(9(16)17)4-1-5-12(6-11)10(18)19/h2-3,14-15H,1,4-6H2,(H,16,17)(H,18,19). The first-order valence-electron chi connectivity index (χ1n) is 5.70. The summed E-state index contributed by atoms with van der Waals surface area (Å²) in [6.45, 7) is -0.0966. The molecule has 8 heteroatoms. The zero-order chi connectivity index (χ0) is 14.2. The third-order valence-electron chi connectivity index (χ3n) is 3.41. The minimum Gasteiger partial charge on any atom is -0.494 e. The number of aromatic nitrogens is 1. The van der Waals surface area contributed by atoms with Gasteiger partial charge in [0.15, 0.2) is 17.3 Å². The Morgan fingerprint density at radius 3 is 2.21 bits per heavy atom. The van der Waals surface area contributed by atoms with Crippen LogP contribution in [0, 0.1) is 0 Å². The highest BCUT2D eigenvalue weighted by Crippen LogP contribution is 2.37. The van der Waals surface area contributed by atoms with Gasteiger partial charge in [-0.05, 0) is 12.8 Å². The van der Waals surface area contributed by atoms with Gasteiger partial charge in [0.05, 0.1) is 6.54 Å². The maximum Gasteiger partial charge on any atom is 0.407 e. The van der Waals surface area contributed by atoms with Crippen molar-refractivity contribution in [3.63, 3.8) is 0 Å². The van der Waals surface area contributed by atoms with Crippen LogP contribution < -0.4 is 0 Å². The first kappa shape index (κ1) is 13.1. The highest BCUT2D eigenvalue weighted by atomic mass is 16.4. The van der Waals surface area contributed by atoms with Crippen LogP contribution in [0.15, 0.2) is 12.1 Å². The van der Waals surface area contributed by atoms with E-state index in [1.165, 1.54) is 12.1 Å². The highest BCUT2D eigenvalue weighted by Gasteiger charge is 2.47. The number of carboxylic acids is 1. The number of amides is 1. The molecule has 0 aromatic carbocycles. The molecule has 1 aromatic heterocycles. The number of aliphatic carboxylic acids is 1. The molecule has 0 saturated carbocycles. The maximum absolute atomic E-state index is 11.6. The Morgan fingerprint density at radius 2 is 1.74 bits per heavy atom. The molecule has 8 nitrogen and oxygen atoms in total. The van der Waals surface area contributed by atoms with Crippen LogP contribution in [0.1, 0.15) is 12.8 Å². The number of likely N-dealkylation sites (tertiary alicyclic amines) is 1. The van der Waals surface area contributed by atoms with Gasteiger partial charge in [-0.15, -0.1) is 0 Å². The smallest absolute Gasteiger partial charge is 0.407 e. The molecule has 1 unspecified atom stereocenters. The largest absolute Gasteiger partial charge is 0.494 e. The van der Waals surface area contributed by atoms with Gasteiger partial charge in [0.1, 0.15) is 0 Å². The van der Waals surface area contributed by atoms with E-state index in [-0.39, 0.29) is 19.5 Å². The van der Waals surface area contributed by atoms with Crippen molar-refractivity contribution in [2.45, 2.75) is 18.4 Å². The van der Waals surface area contributed by atoms with Crippen molar-refractivity contribution in [3.8, 4) is 11.8 Å². The highest BCUT2D eigenvalue weighted by molar-refractivity contribution is 5.79. The molecule has 0 radical (unpaired) electrons. The van der Waals surface area contributed by atoms with Gasteiger partial charge in [-0.2, -0.15) is 0 Å². The van der Waals surface area contributed by atoms with Crippen molar-refractivity contribution in [2.24, 2.45) is 0 Å². The Morgan fingerprint density at radius 1 is 1.16 bits per heavy atom. The summed E-state index contributed by atoms with van der Waals surface area (Å²) < 4.78 is 0.866. The molecule has 19 heavy (non-hydrogen) atoms. The van der Waals surface area contributed by atoms with E-state index in [1.54, 1.807) is 0 Å². The van der Waals surface area contributed by atoms with Gasteiger partial charge in [-0.3, -0.25) is 4.57 Å². The predicted octanol–water partition coefficient (Wildman–Crippen LogP) is 0.453. The molecule has 0 spiro atoms. The summed E-state index contributed by atoms with van der Waals surface area (Å²) in [5.41, 5.74) is -1.69. The van der Waals surface area contributed by atoms with Crippen molar-refractivity contribution in [1.82, 2.24) is 9.47 Å². The van der Waals surface area contributed by atoms with Gasteiger partial charge in [0.2, 0.25) is 0 Å². The SMILES string of the molecule is O=C(O)N1CCCC(C(=O)O)(n2c(O)ccc2O)C1.